The topological polar surface area (TPSA) is 67.7 Å². The maximum absolute atomic E-state index is 4.39. The van der Waals surface area contributed by atoms with Gasteiger partial charge in [-0.3, -0.25) is 4.68 Å². The van der Waals surface area contributed by atoms with Crippen LogP contribution in [0.5, 0.6) is 0 Å². The molecule has 0 aliphatic heterocycles. The third kappa shape index (κ3) is 3.94. The second-order valence-electron chi connectivity index (χ2n) is 4.49. The molecule has 0 aromatic carbocycles. The Bertz CT molecular complexity index is 508. The molecule has 0 bridgehead atoms. The van der Waals surface area contributed by atoms with Crippen molar-refractivity contribution >= 4 is 11.6 Å². The summed E-state index contributed by atoms with van der Waals surface area (Å²) in [4.78, 5) is 8.72. The number of nitrogens with one attached hydrogen (secondary N) is 2. The lowest BCUT2D eigenvalue weighted by Crippen LogP contribution is -2.23. The Morgan fingerprint density at radius 3 is 2.79 bits per heavy atom. The molecule has 1 atom stereocenters. The maximum Gasteiger partial charge on any atom is 0.132 e. The van der Waals surface area contributed by atoms with Crippen LogP contribution in [0.4, 0.5) is 11.6 Å². The maximum atomic E-state index is 4.39. The first-order valence-corrected chi connectivity index (χ1v) is 6.51. The van der Waals surface area contributed by atoms with Gasteiger partial charge in [0.25, 0.3) is 0 Å². The number of anilines is 2. The molecule has 0 aliphatic rings. The van der Waals surface area contributed by atoms with E-state index in [1.165, 1.54) is 0 Å². The minimum atomic E-state index is 0.240. The highest BCUT2D eigenvalue weighted by atomic mass is 15.3. The van der Waals surface area contributed by atoms with Gasteiger partial charge in [0.05, 0.1) is 6.54 Å². The molecule has 0 aliphatic carbocycles. The Labute approximate surface area is 113 Å². The van der Waals surface area contributed by atoms with Crippen LogP contribution in [0.1, 0.15) is 19.7 Å². The Morgan fingerprint density at radius 1 is 1.32 bits per heavy atom. The summed E-state index contributed by atoms with van der Waals surface area (Å²) >= 11 is 0. The molecule has 102 valence electrons. The molecule has 2 aromatic rings. The monoisotopic (exact) mass is 260 g/mol. The van der Waals surface area contributed by atoms with E-state index in [9.17, 15) is 0 Å². The van der Waals surface area contributed by atoms with Crippen molar-refractivity contribution in [3.63, 3.8) is 0 Å². The van der Waals surface area contributed by atoms with Crippen molar-refractivity contribution in [2.45, 2.75) is 33.4 Å². The summed E-state index contributed by atoms with van der Waals surface area (Å²) in [5.41, 5.74) is 0. The molecule has 6 heteroatoms. The molecule has 2 heterocycles. The molecule has 0 saturated carbocycles. The molecular weight excluding hydrogens is 240 g/mol. The van der Waals surface area contributed by atoms with Crippen LogP contribution in [-0.2, 0) is 6.54 Å². The molecule has 6 nitrogen and oxygen atoms in total. The number of hydrogen-bond donors (Lipinski definition) is 2. The van der Waals surface area contributed by atoms with Crippen LogP contribution in [0, 0.1) is 6.92 Å². The fourth-order valence-electron chi connectivity index (χ4n) is 1.90. The van der Waals surface area contributed by atoms with Crippen LogP contribution in [0.3, 0.4) is 0 Å². The van der Waals surface area contributed by atoms with Crippen LogP contribution >= 0.6 is 0 Å². The summed E-state index contributed by atoms with van der Waals surface area (Å²) in [6, 6.07) is 4.09. The molecule has 2 aromatic heterocycles. The van der Waals surface area contributed by atoms with Crippen molar-refractivity contribution in [3.05, 3.63) is 30.4 Å². The predicted molar refractivity (Wildman–Crippen MR) is 76.2 cm³/mol. The Kier molecular flexibility index (Phi) is 4.33. The smallest absolute Gasteiger partial charge is 0.132 e. The number of rotatable bonds is 6. The standard InChI is InChI=1S/C13H20N6/c1-4-14-12-8-13(18-11(3)17-12)16-10(2)9-19-7-5-6-15-19/h5-8,10H,4,9H2,1-3H3,(H2,14,16,17,18). The quantitative estimate of drug-likeness (QED) is 0.830. The second-order valence-corrected chi connectivity index (χ2v) is 4.49. The minimum Gasteiger partial charge on any atom is -0.370 e. The van der Waals surface area contributed by atoms with E-state index in [0.29, 0.717) is 0 Å². The zero-order valence-electron chi connectivity index (χ0n) is 11.6. The van der Waals surface area contributed by atoms with Gasteiger partial charge in [0, 0.05) is 31.0 Å². The largest absolute Gasteiger partial charge is 0.370 e. The lowest BCUT2D eigenvalue weighted by atomic mass is 10.3. The summed E-state index contributed by atoms with van der Waals surface area (Å²) in [6.45, 7) is 7.69. The normalized spacial score (nSPS) is 12.2. The van der Waals surface area contributed by atoms with E-state index in [1.54, 1.807) is 6.20 Å². The van der Waals surface area contributed by atoms with E-state index in [-0.39, 0.29) is 6.04 Å². The summed E-state index contributed by atoms with van der Waals surface area (Å²) in [7, 11) is 0. The van der Waals surface area contributed by atoms with E-state index in [1.807, 2.05) is 36.9 Å². The molecular formula is C13H20N6. The number of aryl methyl sites for hydroxylation is 1. The minimum absolute atomic E-state index is 0.240. The Balaban J connectivity index is 2.01. The van der Waals surface area contributed by atoms with Crippen molar-refractivity contribution in [3.8, 4) is 0 Å². The average molecular weight is 260 g/mol. The molecule has 19 heavy (non-hydrogen) atoms. The molecule has 0 saturated heterocycles. The van der Waals surface area contributed by atoms with Gasteiger partial charge in [0.2, 0.25) is 0 Å². The molecule has 0 fully saturated rings. The van der Waals surface area contributed by atoms with Gasteiger partial charge in [-0.05, 0) is 26.8 Å². The second kappa shape index (κ2) is 6.17. The fourth-order valence-corrected chi connectivity index (χ4v) is 1.90. The van der Waals surface area contributed by atoms with Crippen molar-refractivity contribution in [2.24, 2.45) is 0 Å². The SMILES string of the molecule is CCNc1cc(NC(C)Cn2cccn2)nc(C)n1. The number of nitrogens with zero attached hydrogens (tertiary/aromatic N) is 4. The van der Waals surface area contributed by atoms with E-state index >= 15 is 0 Å². The van der Waals surface area contributed by atoms with Crippen LogP contribution in [0.2, 0.25) is 0 Å². The van der Waals surface area contributed by atoms with Crippen molar-refractivity contribution < 1.29 is 0 Å². The first kappa shape index (κ1) is 13.3. The number of aromatic nitrogens is 4. The molecule has 2 rings (SSSR count). The number of hydrogen-bond acceptors (Lipinski definition) is 5. The molecule has 0 radical (unpaired) electrons. The van der Waals surface area contributed by atoms with E-state index in [2.05, 4.69) is 32.6 Å². The predicted octanol–water partition coefficient (Wildman–Crippen LogP) is 1.91. The first-order valence-electron chi connectivity index (χ1n) is 6.51. The van der Waals surface area contributed by atoms with Gasteiger partial charge in [0.15, 0.2) is 0 Å². The first-order chi connectivity index (χ1) is 9.17. The van der Waals surface area contributed by atoms with E-state index in [4.69, 9.17) is 0 Å². The van der Waals surface area contributed by atoms with Gasteiger partial charge >= 0.3 is 0 Å². The van der Waals surface area contributed by atoms with E-state index in [0.717, 1.165) is 30.5 Å². The molecule has 1 unspecified atom stereocenters. The Morgan fingerprint density at radius 2 is 2.11 bits per heavy atom. The zero-order valence-corrected chi connectivity index (χ0v) is 11.6. The van der Waals surface area contributed by atoms with Crippen LogP contribution in [0.25, 0.3) is 0 Å². The van der Waals surface area contributed by atoms with Crippen molar-refractivity contribution in [1.82, 2.24) is 19.7 Å². The van der Waals surface area contributed by atoms with Crippen LogP contribution < -0.4 is 10.6 Å². The zero-order chi connectivity index (χ0) is 13.7. The summed E-state index contributed by atoms with van der Waals surface area (Å²) in [5.74, 6) is 2.44. The highest BCUT2D eigenvalue weighted by Gasteiger charge is 2.06. The summed E-state index contributed by atoms with van der Waals surface area (Å²) < 4.78 is 1.90. The van der Waals surface area contributed by atoms with Gasteiger partial charge in [-0.1, -0.05) is 0 Å². The van der Waals surface area contributed by atoms with Crippen molar-refractivity contribution in [1.29, 1.82) is 0 Å². The van der Waals surface area contributed by atoms with Gasteiger partial charge in [-0.15, -0.1) is 0 Å². The fraction of sp³-hybridized carbons (Fsp3) is 0.462. The molecule has 2 N–H and O–H groups in total. The molecule has 0 amide bonds. The molecule has 0 spiro atoms. The summed E-state index contributed by atoms with van der Waals surface area (Å²) in [5, 5.41) is 10.8. The van der Waals surface area contributed by atoms with Gasteiger partial charge in [-0.25, -0.2) is 9.97 Å². The van der Waals surface area contributed by atoms with E-state index < -0.39 is 0 Å². The average Bonchev–Trinajstić information content (AvgIpc) is 2.81. The van der Waals surface area contributed by atoms with Crippen molar-refractivity contribution in [2.75, 3.05) is 17.2 Å². The highest BCUT2D eigenvalue weighted by molar-refractivity contribution is 5.47. The highest BCUT2D eigenvalue weighted by Crippen LogP contribution is 2.12. The van der Waals surface area contributed by atoms with Crippen LogP contribution in [-0.4, -0.2) is 32.3 Å². The third-order valence-electron chi connectivity index (χ3n) is 2.61. The van der Waals surface area contributed by atoms with Crippen LogP contribution in [0.15, 0.2) is 24.5 Å². The van der Waals surface area contributed by atoms with Gasteiger partial charge < -0.3 is 10.6 Å². The van der Waals surface area contributed by atoms with Gasteiger partial charge in [0.1, 0.15) is 17.5 Å². The summed E-state index contributed by atoms with van der Waals surface area (Å²) in [6.07, 6.45) is 3.73. The third-order valence-corrected chi connectivity index (χ3v) is 2.61. The lowest BCUT2D eigenvalue weighted by Gasteiger charge is -2.15. The lowest BCUT2D eigenvalue weighted by molar-refractivity contribution is 0.559. The Hall–Kier alpha value is -2.11. The van der Waals surface area contributed by atoms with Gasteiger partial charge in [-0.2, -0.15) is 5.10 Å².